The van der Waals surface area contributed by atoms with Gasteiger partial charge in [0.15, 0.2) is 0 Å². The van der Waals surface area contributed by atoms with Gasteiger partial charge in [-0.2, -0.15) is 0 Å². The molecule has 2 aromatic carbocycles. The fourth-order valence-corrected chi connectivity index (χ4v) is 2.81. The van der Waals surface area contributed by atoms with Crippen molar-refractivity contribution in [3.05, 3.63) is 42.5 Å². The first-order valence-electron chi connectivity index (χ1n) is 7.25. The van der Waals surface area contributed by atoms with Crippen LogP contribution in [-0.2, 0) is 4.79 Å². The van der Waals surface area contributed by atoms with Gasteiger partial charge in [0.1, 0.15) is 0 Å². The largest absolute Gasteiger partial charge is 0.314 e. The van der Waals surface area contributed by atoms with Crippen LogP contribution in [0, 0.1) is 0 Å². The van der Waals surface area contributed by atoms with E-state index in [9.17, 15) is 4.79 Å². The maximum atomic E-state index is 12.5. The Hall–Kier alpha value is -1.87. The van der Waals surface area contributed by atoms with Crippen molar-refractivity contribution in [2.45, 2.75) is 25.3 Å². The van der Waals surface area contributed by atoms with E-state index in [-0.39, 0.29) is 11.9 Å². The molecule has 20 heavy (non-hydrogen) atoms. The zero-order valence-electron chi connectivity index (χ0n) is 11.8. The average molecular weight is 268 g/mol. The number of hydrogen-bond acceptors (Lipinski definition) is 2. The number of carbonyl (C=O) groups excluding carboxylic acids is 1. The summed E-state index contributed by atoms with van der Waals surface area (Å²) in [5.41, 5.74) is 0.959. The first kappa shape index (κ1) is 13.1. The smallest absolute Gasteiger partial charge is 0.243 e. The molecule has 1 aliphatic heterocycles. The van der Waals surface area contributed by atoms with Crippen LogP contribution >= 0.6 is 0 Å². The monoisotopic (exact) mass is 268 g/mol. The summed E-state index contributed by atoms with van der Waals surface area (Å²) in [5, 5.41) is 5.69. The Bertz CT molecular complexity index is 617. The quantitative estimate of drug-likeness (QED) is 0.908. The second-order valence-corrected chi connectivity index (χ2v) is 5.43. The van der Waals surface area contributed by atoms with Crippen molar-refractivity contribution < 1.29 is 4.79 Å². The van der Waals surface area contributed by atoms with Gasteiger partial charge in [-0.15, -0.1) is 0 Å². The van der Waals surface area contributed by atoms with Crippen molar-refractivity contribution in [1.82, 2.24) is 5.32 Å². The van der Waals surface area contributed by atoms with E-state index < -0.39 is 0 Å². The molecule has 1 aliphatic rings. The molecule has 3 rings (SSSR count). The average Bonchev–Trinajstić information content (AvgIpc) is 2.54. The molecular formula is C17H20N2O. The Morgan fingerprint density at radius 1 is 1.15 bits per heavy atom. The summed E-state index contributed by atoms with van der Waals surface area (Å²) in [7, 11) is 1.86. The summed E-state index contributed by atoms with van der Waals surface area (Å²) >= 11 is 0. The number of piperidine rings is 1. The molecule has 0 aliphatic carbocycles. The molecule has 1 heterocycles. The number of nitrogens with one attached hydrogen (secondary N) is 1. The van der Waals surface area contributed by atoms with Gasteiger partial charge in [-0.05, 0) is 42.3 Å². The molecular weight excluding hydrogens is 248 g/mol. The van der Waals surface area contributed by atoms with Crippen molar-refractivity contribution in [3.8, 4) is 0 Å². The highest BCUT2D eigenvalue weighted by Crippen LogP contribution is 2.22. The van der Waals surface area contributed by atoms with Crippen LogP contribution < -0.4 is 10.2 Å². The van der Waals surface area contributed by atoms with E-state index in [1.54, 1.807) is 4.90 Å². The van der Waals surface area contributed by atoms with E-state index in [2.05, 4.69) is 29.6 Å². The Kier molecular flexibility index (Phi) is 3.70. The third-order valence-corrected chi connectivity index (χ3v) is 4.06. The zero-order valence-corrected chi connectivity index (χ0v) is 11.8. The van der Waals surface area contributed by atoms with Crippen molar-refractivity contribution in [1.29, 1.82) is 0 Å². The zero-order chi connectivity index (χ0) is 13.9. The summed E-state index contributed by atoms with van der Waals surface area (Å²) in [6, 6.07) is 14.4. The molecule has 1 amide bonds. The van der Waals surface area contributed by atoms with Crippen molar-refractivity contribution in [3.63, 3.8) is 0 Å². The molecule has 1 unspecified atom stereocenters. The second-order valence-electron chi connectivity index (χ2n) is 5.43. The highest BCUT2D eigenvalue weighted by atomic mass is 16.2. The normalized spacial score (nSPS) is 18.9. The van der Waals surface area contributed by atoms with Crippen molar-refractivity contribution in [2.75, 3.05) is 18.5 Å². The van der Waals surface area contributed by atoms with Crippen LogP contribution in [0.4, 0.5) is 5.69 Å². The van der Waals surface area contributed by atoms with Crippen LogP contribution in [-0.4, -0.2) is 25.5 Å². The van der Waals surface area contributed by atoms with Crippen LogP contribution in [0.25, 0.3) is 10.8 Å². The molecule has 1 N–H and O–H groups in total. The molecule has 1 atom stereocenters. The lowest BCUT2D eigenvalue weighted by Crippen LogP contribution is -2.47. The van der Waals surface area contributed by atoms with Gasteiger partial charge in [0, 0.05) is 12.7 Å². The third-order valence-electron chi connectivity index (χ3n) is 4.06. The van der Waals surface area contributed by atoms with Gasteiger partial charge in [0.2, 0.25) is 5.91 Å². The number of nitrogens with zero attached hydrogens (tertiary/aromatic N) is 1. The predicted molar refractivity (Wildman–Crippen MR) is 83.0 cm³/mol. The van der Waals surface area contributed by atoms with Crippen LogP contribution in [0.1, 0.15) is 19.3 Å². The highest BCUT2D eigenvalue weighted by Gasteiger charge is 2.24. The van der Waals surface area contributed by atoms with Gasteiger partial charge in [0.05, 0.1) is 6.04 Å². The third kappa shape index (κ3) is 2.54. The van der Waals surface area contributed by atoms with Gasteiger partial charge < -0.3 is 10.2 Å². The summed E-state index contributed by atoms with van der Waals surface area (Å²) in [5.74, 6) is 0.167. The standard InChI is InChI=1S/C17H20N2O/c1-19(17(20)16-8-4-5-11-18-16)15-10-9-13-6-2-3-7-14(13)12-15/h2-3,6-7,9-10,12,16,18H,4-5,8,11H2,1H3. The molecule has 3 heteroatoms. The fraction of sp³-hybridized carbons (Fsp3) is 0.353. The van der Waals surface area contributed by atoms with Crippen LogP contribution in [0.15, 0.2) is 42.5 Å². The molecule has 3 nitrogen and oxygen atoms in total. The summed E-state index contributed by atoms with van der Waals surface area (Å²) in [6.07, 6.45) is 3.25. The first-order chi connectivity index (χ1) is 9.75. The number of anilines is 1. The Labute approximate surface area is 119 Å². The van der Waals surface area contributed by atoms with E-state index in [4.69, 9.17) is 0 Å². The molecule has 2 aromatic rings. The van der Waals surface area contributed by atoms with E-state index in [0.29, 0.717) is 0 Å². The number of amides is 1. The van der Waals surface area contributed by atoms with Gasteiger partial charge in [-0.3, -0.25) is 4.79 Å². The lowest BCUT2D eigenvalue weighted by atomic mass is 10.0. The molecule has 1 fully saturated rings. The number of fused-ring (bicyclic) bond motifs is 1. The molecule has 0 saturated carbocycles. The fourth-order valence-electron chi connectivity index (χ4n) is 2.81. The molecule has 1 saturated heterocycles. The molecule has 0 aromatic heterocycles. The van der Waals surface area contributed by atoms with Gasteiger partial charge in [-0.1, -0.05) is 36.8 Å². The number of carbonyl (C=O) groups is 1. The summed E-state index contributed by atoms with van der Waals surface area (Å²) in [6.45, 7) is 0.946. The van der Waals surface area contributed by atoms with E-state index >= 15 is 0 Å². The lowest BCUT2D eigenvalue weighted by Gasteiger charge is -2.27. The molecule has 0 bridgehead atoms. The van der Waals surface area contributed by atoms with Gasteiger partial charge >= 0.3 is 0 Å². The number of benzene rings is 2. The lowest BCUT2D eigenvalue weighted by molar-refractivity contribution is -0.120. The Morgan fingerprint density at radius 3 is 2.70 bits per heavy atom. The topological polar surface area (TPSA) is 32.3 Å². The van der Waals surface area contributed by atoms with E-state index in [0.717, 1.165) is 25.1 Å². The molecule has 104 valence electrons. The molecule has 0 radical (unpaired) electrons. The predicted octanol–water partition coefficient (Wildman–Crippen LogP) is 2.94. The minimum atomic E-state index is -0.0276. The Morgan fingerprint density at radius 2 is 1.95 bits per heavy atom. The minimum absolute atomic E-state index is 0.0276. The van der Waals surface area contributed by atoms with E-state index in [1.165, 1.54) is 17.2 Å². The minimum Gasteiger partial charge on any atom is -0.314 e. The van der Waals surface area contributed by atoms with Crippen LogP contribution in [0.3, 0.4) is 0 Å². The number of hydrogen-bond donors (Lipinski definition) is 1. The van der Waals surface area contributed by atoms with Crippen molar-refractivity contribution in [2.24, 2.45) is 0 Å². The van der Waals surface area contributed by atoms with Crippen molar-refractivity contribution >= 4 is 22.4 Å². The van der Waals surface area contributed by atoms with Crippen LogP contribution in [0.5, 0.6) is 0 Å². The molecule has 0 spiro atoms. The summed E-state index contributed by atoms with van der Waals surface area (Å²) in [4.78, 5) is 14.3. The highest BCUT2D eigenvalue weighted by molar-refractivity contribution is 5.98. The van der Waals surface area contributed by atoms with Gasteiger partial charge in [0.25, 0.3) is 0 Å². The van der Waals surface area contributed by atoms with Gasteiger partial charge in [-0.25, -0.2) is 0 Å². The second kappa shape index (κ2) is 5.63. The SMILES string of the molecule is CN(C(=O)C1CCCCN1)c1ccc2ccccc2c1. The maximum Gasteiger partial charge on any atom is 0.243 e. The Balaban J connectivity index is 1.83. The summed E-state index contributed by atoms with van der Waals surface area (Å²) < 4.78 is 0. The van der Waals surface area contributed by atoms with E-state index in [1.807, 2.05) is 25.2 Å². The van der Waals surface area contributed by atoms with Crippen LogP contribution in [0.2, 0.25) is 0 Å². The number of likely N-dealkylation sites (N-methyl/N-ethyl adjacent to an activating group) is 1. The first-order valence-corrected chi connectivity index (χ1v) is 7.25. The maximum absolute atomic E-state index is 12.5. The number of rotatable bonds is 2.